The van der Waals surface area contributed by atoms with E-state index in [2.05, 4.69) is 20.9 Å². The van der Waals surface area contributed by atoms with E-state index >= 15 is 0 Å². The lowest BCUT2D eigenvalue weighted by atomic mass is 9.90. The summed E-state index contributed by atoms with van der Waals surface area (Å²) < 4.78 is 0.802. The molecule has 0 aliphatic carbocycles. The van der Waals surface area contributed by atoms with Gasteiger partial charge in [0.2, 0.25) is 5.91 Å². The predicted octanol–water partition coefficient (Wildman–Crippen LogP) is 1.76. The maximum Gasteiger partial charge on any atom is 0.222 e. The van der Waals surface area contributed by atoms with Crippen molar-refractivity contribution in [3.8, 4) is 0 Å². The molecule has 86 valence electrons. The zero-order valence-electron chi connectivity index (χ0n) is 9.11. The number of carbonyl (C=O) groups excluding carboxylic acids is 1. The van der Waals surface area contributed by atoms with Gasteiger partial charge in [0.25, 0.3) is 0 Å². The Hall–Kier alpha value is -1.10. The SMILES string of the molecule is CN1CC[C@H](c2cnc(N)c(Br)c2)CC1=O. The van der Waals surface area contributed by atoms with Gasteiger partial charge in [-0.05, 0) is 39.9 Å². The van der Waals surface area contributed by atoms with Crippen molar-refractivity contribution in [2.24, 2.45) is 0 Å². The molecule has 1 saturated heterocycles. The number of nitrogen functional groups attached to an aromatic ring is 1. The summed E-state index contributed by atoms with van der Waals surface area (Å²) in [4.78, 5) is 17.5. The summed E-state index contributed by atoms with van der Waals surface area (Å²) in [6, 6.07) is 1.96. The van der Waals surface area contributed by atoms with Crippen LogP contribution in [0.4, 0.5) is 5.82 Å². The summed E-state index contributed by atoms with van der Waals surface area (Å²) in [6.07, 6.45) is 3.32. The smallest absolute Gasteiger partial charge is 0.222 e. The number of halogens is 1. The number of aromatic nitrogens is 1. The Kier molecular flexibility index (Phi) is 3.14. The maximum atomic E-state index is 11.6. The number of anilines is 1. The number of pyridine rings is 1. The van der Waals surface area contributed by atoms with Crippen molar-refractivity contribution < 1.29 is 4.79 Å². The summed E-state index contributed by atoms with van der Waals surface area (Å²) >= 11 is 3.36. The summed E-state index contributed by atoms with van der Waals surface area (Å²) in [7, 11) is 1.84. The van der Waals surface area contributed by atoms with Gasteiger partial charge in [-0.1, -0.05) is 0 Å². The molecule has 0 aromatic carbocycles. The van der Waals surface area contributed by atoms with Crippen molar-refractivity contribution in [3.63, 3.8) is 0 Å². The molecule has 0 saturated carbocycles. The lowest BCUT2D eigenvalue weighted by Crippen LogP contribution is -2.34. The number of amides is 1. The topological polar surface area (TPSA) is 59.2 Å². The Labute approximate surface area is 103 Å². The molecule has 1 aromatic rings. The molecule has 1 fully saturated rings. The van der Waals surface area contributed by atoms with Crippen LogP contribution in [-0.2, 0) is 4.79 Å². The molecule has 0 unspecified atom stereocenters. The monoisotopic (exact) mass is 283 g/mol. The van der Waals surface area contributed by atoms with Crippen molar-refractivity contribution in [1.82, 2.24) is 9.88 Å². The fourth-order valence-corrected chi connectivity index (χ4v) is 2.28. The molecule has 16 heavy (non-hydrogen) atoms. The molecular weight excluding hydrogens is 270 g/mol. The first-order valence-corrected chi connectivity index (χ1v) is 6.02. The highest BCUT2D eigenvalue weighted by atomic mass is 79.9. The zero-order chi connectivity index (χ0) is 11.7. The van der Waals surface area contributed by atoms with Crippen molar-refractivity contribution in [3.05, 3.63) is 22.3 Å². The first-order valence-electron chi connectivity index (χ1n) is 5.23. The van der Waals surface area contributed by atoms with Crippen LogP contribution in [0.2, 0.25) is 0 Å². The van der Waals surface area contributed by atoms with Crippen LogP contribution in [0.3, 0.4) is 0 Å². The van der Waals surface area contributed by atoms with E-state index in [0.717, 1.165) is 23.0 Å². The van der Waals surface area contributed by atoms with Gasteiger partial charge in [-0.25, -0.2) is 4.98 Å². The highest BCUT2D eigenvalue weighted by Crippen LogP contribution is 2.30. The van der Waals surface area contributed by atoms with Gasteiger partial charge in [0.05, 0.1) is 4.47 Å². The Bertz CT molecular complexity index is 422. The quantitative estimate of drug-likeness (QED) is 0.855. The van der Waals surface area contributed by atoms with Crippen molar-refractivity contribution in [1.29, 1.82) is 0 Å². The summed E-state index contributed by atoms with van der Waals surface area (Å²) in [5.41, 5.74) is 6.72. The van der Waals surface area contributed by atoms with Crippen LogP contribution in [0.1, 0.15) is 24.3 Å². The van der Waals surface area contributed by atoms with E-state index in [1.165, 1.54) is 0 Å². The number of nitrogens with zero attached hydrogens (tertiary/aromatic N) is 2. The highest BCUT2D eigenvalue weighted by Gasteiger charge is 2.24. The Morgan fingerprint density at radius 3 is 3.00 bits per heavy atom. The fourth-order valence-electron chi connectivity index (χ4n) is 1.91. The summed E-state index contributed by atoms with van der Waals surface area (Å²) in [5, 5.41) is 0. The second-order valence-electron chi connectivity index (χ2n) is 4.14. The number of rotatable bonds is 1. The van der Waals surface area contributed by atoms with Crippen LogP contribution in [0, 0.1) is 0 Å². The van der Waals surface area contributed by atoms with Gasteiger partial charge >= 0.3 is 0 Å². The van der Waals surface area contributed by atoms with E-state index in [4.69, 9.17) is 5.73 Å². The van der Waals surface area contributed by atoms with E-state index < -0.39 is 0 Å². The minimum absolute atomic E-state index is 0.198. The van der Waals surface area contributed by atoms with E-state index in [1.54, 1.807) is 11.1 Å². The predicted molar refractivity (Wildman–Crippen MR) is 66.0 cm³/mol. The van der Waals surface area contributed by atoms with Crippen LogP contribution >= 0.6 is 15.9 Å². The molecule has 1 aliphatic rings. The highest BCUT2D eigenvalue weighted by molar-refractivity contribution is 9.10. The largest absolute Gasteiger partial charge is 0.383 e. The third-order valence-electron chi connectivity index (χ3n) is 3.02. The van der Waals surface area contributed by atoms with Crippen LogP contribution in [0.5, 0.6) is 0 Å². The van der Waals surface area contributed by atoms with E-state index in [9.17, 15) is 4.79 Å². The molecule has 0 spiro atoms. The first kappa shape index (κ1) is 11.4. The van der Waals surface area contributed by atoms with Gasteiger partial charge in [0, 0.05) is 26.2 Å². The molecule has 0 bridgehead atoms. The van der Waals surface area contributed by atoms with Crippen LogP contribution in [0.15, 0.2) is 16.7 Å². The lowest BCUT2D eigenvalue weighted by Gasteiger charge is -2.28. The Balaban J connectivity index is 2.18. The van der Waals surface area contributed by atoms with Crippen molar-refractivity contribution in [2.75, 3.05) is 19.3 Å². The number of hydrogen-bond acceptors (Lipinski definition) is 3. The minimum Gasteiger partial charge on any atom is -0.383 e. The third kappa shape index (κ3) is 2.19. The number of hydrogen-bond donors (Lipinski definition) is 1. The number of likely N-dealkylation sites (tertiary alicyclic amines) is 1. The number of carbonyl (C=O) groups is 1. The molecule has 1 amide bonds. The average molecular weight is 284 g/mol. The van der Waals surface area contributed by atoms with Gasteiger partial charge in [0.15, 0.2) is 0 Å². The molecule has 0 radical (unpaired) electrons. The standard InChI is InChI=1S/C11H14BrN3O/c1-15-3-2-7(5-10(15)16)8-4-9(12)11(13)14-6-8/h4,6-7H,2-3,5H2,1H3,(H2,13,14)/t7-/m0/s1. The maximum absolute atomic E-state index is 11.6. The van der Waals surface area contributed by atoms with E-state index in [0.29, 0.717) is 12.2 Å². The van der Waals surface area contributed by atoms with Gasteiger partial charge in [-0.15, -0.1) is 0 Å². The van der Waals surface area contributed by atoms with Crippen LogP contribution in [0.25, 0.3) is 0 Å². The fraction of sp³-hybridized carbons (Fsp3) is 0.455. The van der Waals surface area contributed by atoms with Gasteiger partial charge in [0.1, 0.15) is 5.82 Å². The second kappa shape index (κ2) is 4.41. The van der Waals surface area contributed by atoms with Crippen LogP contribution in [-0.4, -0.2) is 29.4 Å². The number of nitrogens with two attached hydrogens (primary N) is 1. The lowest BCUT2D eigenvalue weighted by molar-refractivity contribution is -0.132. The molecule has 2 N–H and O–H groups in total. The normalized spacial score (nSPS) is 21.2. The summed E-state index contributed by atoms with van der Waals surface area (Å²) in [5.74, 6) is 0.959. The Morgan fingerprint density at radius 1 is 1.62 bits per heavy atom. The van der Waals surface area contributed by atoms with Crippen molar-refractivity contribution in [2.45, 2.75) is 18.8 Å². The third-order valence-corrected chi connectivity index (χ3v) is 3.66. The zero-order valence-corrected chi connectivity index (χ0v) is 10.7. The van der Waals surface area contributed by atoms with Gasteiger partial charge in [-0.2, -0.15) is 0 Å². The molecule has 5 heteroatoms. The molecule has 4 nitrogen and oxygen atoms in total. The first-order chi connectivity index (χ1) is 7.58. The van der Waals surface area contributed by atoms with Crippen LogP contribution < -0.4 is 5.73 Å². The number of piperidine rings is 1. The minimum atomic E-state index is 0.198. The molecule has 1 aliphatic heterocycles. The van der Waals surface area contributed by atoms with Gasteiger partial charge in [-0.3, -0.25) is 4.79 Å². The molecule has 2 rings (SSSR count). The second-order valence-corrected chi connectivity index (χ2v) is 5.00. The molecule has 1 aromatic heterocycles. The van der Waals surface area contributed by atoms with Gasteiger partial charge < -0.3 is 10.6 Å². The molecule has 1 atom stereocenters. The summed E-state index contributed by atoms with van der Waals surface area (Å²) in [6.45, 7) is 0.811. The van der Waals surface area contributed by atoms with Crippen molar-refractivity contribution >= 4 is 27.7 Å². The molecular formula is C11H14BrN3O. The van der Waals surface area contributed by atoms with E-state index in [1.807, 2.05) is 13.1 Å². The van der Waals surface area contributed by atoms with E-state index in [-0.39, 0.29) is 11.8 Å². The Morgan fingerprint density at radius 2 is 2.38 bits per heavy atom. The average Bonchev–Trinajstić information content (AvgIpc) is 2.26. The molecule has 2 heterocycles.